The Morgan fingerprint density at radius 2 is 1.80 bits per heavy atom. The van der Waals surface area contributed by atoms with Crippen molar-refractivity contribution in [1.29, 1.82) is 0 Å². The fourth-order valence-corrected chi connectivity index (χ4v) is 5.43. The van der Waals surface area contributed by atoms with Crippen LogP contribution in [0.4, 0.5) is 0 Å². The number of nitrogens with one attached hydrogen (secondary N) is 1. The highest BCUT2D eigenvalue weighted by Gasteiger charge is 2.37. The first-order valence-corrected chi connectivity index (χ1v) is 10.8. The zero-order valence-electron chi connectivity index (χ0n) is 15.1. The minimum absolute atomic E-state index is 0.0297. The molecule has 1 aliphatic heterocycles. The number of hydrogen-bond acceptors (Lipinski definition) is 4. The van der Waals surface area contributed by atoms with Crippen LogP contribution >= 0.6 is 0 Å². The smallest absolute Gasteiger partial charge is 0.321 e. The van der Waals surface area contributed by atoms with Crippen molar-refractivity contribution in [3.05, 3.63) is 0 Å². The molecule has 0 radical (unpaired) electrons. The maximum atomic E-state index is 12.7. The molecule has 2 fully saturated rings. The lowest BCUT2D eigenvalue weighted by atomic mass is 10.0. The molecule has 144 valence electrons. The molecule has 1 heterocycles. The number of carbonyl (C=O) groups is 2. The summed E-state index contributed by atoms with van der Waals surface area (Å²) in [5.41, 5.74) is 0. The first kappa shape index (κ1) is 20.2. The van der Waals surface area contributed by atoms with E-state index in [1.165, 1.54) is 0 Å². The third-order valence-electron chi connectivity index (χ3n) is 5.14. The highest BCUT2D eigenvalue weighted by Crippen LogP contribution is 2.28. The average Bonchev–Trinajstić information content (AvgIpc) is 3.07. The SMILES string of the molecule is CC(C)C[C@H](NS(=O)(=O)C1CCCN(C(=O)C2CCCC2)C1)C(=O)O. The molecule has 0 spiro atoms. The summed E-state index contributed by atoms with van der Waals surface area (Å²) in [7, 11) is -3.79. The van der Waals surface area contributed by atoms with Crippen LogP contribution in [0.25, 0.3) is 0 Å². The summed E-state index contributed by atoms with van der Waals surface area (Å²) in [6, 6.07) is -1.12. The Balaban J connectivity index is 2.02. The van der Waals surface area contributed by atoms with Crippen molar-refractivity contribution in [3.8, 4) is 0 Å². The van der Waals surface area contributed by atoms with Crippen LogP contribution in [0, 0.1) is 11.8 Å². The van der Waals surface area contributed by atoms with Gasteiger partial charge in [0.25, 0.3) is 0 Å². The van der Waals surface area contributed by atoms with Gasteiger partial charge in [0.1, 0.15) is 6.04 Å². The Labute approximate surface area is 150 Å². The van der Waals surface area contributed by atoms with Crippen LogP contribution in [0.3, 0.4) is 0 Å². The van der Waals surface area contributed by atoms with Gasteiger partial charge in [-0.25, -0.2) is 13.1 Å². The summed E-state index contributed by atoms with van der Waals surface area (Å²) in [6.45, 7) is 4.47. The van der Waals surface area contributed by atoms with Crippen molar-refractivity contribution >= 4 is 21.9 Å². The van der Waals surface area contributed by atoms with E-state index in [4.69, 9.17) is 0 Å². The van der Waals surface area contributed by atoms with Gasteiger partial charge in [-0.15, -0.1) is 0 Å². The molecule has 0 aromatic carbocycles. The lowest BCUT2D eigenvalue weighted by Crippen LogP contribution is -2.52. The van der Waals surface area contributed by atoms with Gasteiger partial charge in [0.05, 0.1) is 5.25 Å². The Kier molecular flexibility index (Phi) is 6.85. The molecule has 7 nitrogen and oxygen atoms in total. The minimum Gasteiger partial charge on any atom is -0.480 e. The molecule has 2 N–H and O–H groups in total. The molecule has 1 unspecified atom stereocenters. The van der Waals surface area contributed by atoms with Crippen molar-refractivity contribution in [1.82, 2.24) is 9.62 Å². The molecule has 2 rings (SSSR count). The van der Waals surface area contributed by atoms with Crippen molar-refractivity contribution in [3.63, 3.8) is 0 Å². The van der Waals surface area contributed by atoms with Crippen LogP contribution in [-0.4, -0.2) is 54.7 Å². The molecule has 0 aromatic rings. The first-order chi connectivity index (χ1) is 11.7. The maximum Gasteiger partial charge on any atom is 0.321 e. The standard InChI is InChI=1S/C17H30N2O5S/c1-12(2)10-15(17(21)22)18-25(23,24)14-8-5-9-19(11-14)16(20)13-6-3-4-7-13/h12-15,18H,3-11H2,1-2H3,(H,21,22)/t14?,15-/m0/s1. The van der Waals surface area contributed by atoms with Gasteiger partial charge in [-0.1, -0.05) is 26.7 Å². The van der Waals surface area contributed by atoms with Crippen LogP contribution in [0.2, 0.25) is 0 Å². The Bertz CT molecular complexity index is 584. The molecule has 0 bridgehead atoms. The predicted octanol–water partition coefficient (Wildman–Crippen LogP) is 1.59. The Morgan fingerprint density at radius 3 is 2.36 bits per heavy atom. The number of carboxylic acids is 1. The number of nitrogens with zero attached hydrogens (tertiary/aromatic N) is 1. The molecule has 8 heteroatoms. The fraction of sp³-hybridized carbons (Fsp3) is 0.882. The topological polar surface area (TPSA) is 104 Å². The van der Waals surface area contributed by atoms with Crippen LogP contribution < -0.4 is 4.72 Å². The number of rotatable bonds is 7. The monoisotopic (exact) mass is 374 g/mol. The van der Waals surface area contributed by atoms with Crippen LogP contribution in [-0.2, 0) is 19.6 Å². The van der Waals surface area contributed by atoms with E-state index in [1.807, 2.05) is 13.8 Å². The van der Waals surface area contributed by atoms with Gasteiger partial charge in [-0.3, -0.25) is 9.59 Å². The van der Waals surface area contributed by atoms with Gasteiger partial charge in [-0.05, 0) is 38.0 Å². The highest BCUT2D eigenvalue weighted by molar-refractivity contribution is 7.90. The van der Waals surface area contributed by atoms with E-state index in [9.17, 15) is 23.1 Å². The molecular formula is C17H30N2O5S. The summed E-state index contributed by atoms with van der Waals surface area (Å²) < 4.78 is 27.7. The van der Waals surface area contributed by atoms with E-state index in [2.05, 4.69) is 4.72 Å². The predicted molar refractivity (Wildman–Crippen MR) is 94.5 cm³/mol. The van der Waals surface area contributed by atoms with Gasteiger partial charge in [-0.2, -0.15) is 0 Å². The fourth-order valence-electron chi connectivity index (χ4n) is 3.79. The zero-order valence-corrected chi connectivity index (χ0v) is 15.9. The van der Waals surface area contributed by atoms with E-state index in [0.717, 1.165) is 25.7 Å². The second-order valence-electron chi connectivity index (χ2n) is 7.71. The number of sulfonamides is 1. The summed E-state index contributed by atoms with van der Waals surface area (Å²) in [5, 5.41) is 8.54. The van der Waals surface area contributed by atoms with E-state index < -0.39 is 27.3 Å². The third kappa shape index (κ3) is 5.41. The molecular weight excluding hydrogens is 344 g/mol. The van der Waals surface area contributed by atoms with Crippen LogP contribution in [0.1, 0.15) is 58.8 Å². The molecule has 2 aliphatic rings. The second kappa shape index (κ2) is 8.49. The highest BCUT2D eigenvalue weighted by atomic mass is 32.2. The maximum absolute atomic E-state index is 12.7. The molecule has 0 aromatic heterocycles. The molecule has 2 atom stereocenters. The number of likely N-dealkylation sites (tertiary alicyclic amines) is 1. The van der Waals surface area contributed by atoms with Gasteiger partial charge in [0, 0.05) is 19.0 Å². The van der Waals surface area contributed by atoms with Crippen molar-refractivity contribution in [2.24, 2.45) is 11.8 Å². The lowest BCUT2D eigenvalue weighted by molar-refractivity contribution is -0.139. The number of hydrogen-bond donors (Lipinski definition) is 2. The van der Waals surface area contributed by atoms with E-state index in [1.54, 1.807) is 4.90 Å². The molecule has 1 saturated carbocycles. The number of piperidine rings is 1. The van der Waals surface area contributed by atoms with Gasteiger partial charge < -0.3 is 10.0 Å². The third-order valence-corrected chi connectivity index (χ3v) is 7.02. The largest absolute Gasteiger partial charge is 0.480 e. The van der Waals surface area contributed by atoms with Crippen molar-refractivity contribution < 1.29 is 23.1 Å². The molecule has 1 aliphatic carbocycles. The van der Waals surface area contributed by atoms with E-state index in [0.29, 0.717) is 19.4 Å². The summed E-state index contributed by atoms with van der Waals surface area (Å²) in [4.78, 5) is 25.6. The van der Waals surface area contributed by atoms with Gasteiger partial charge in [0.2, 0.25) is 15.9 Å². The number of carboxylic acid groups (broad SMARTS) is 1. The summed E-state index contributed by atoms with van der Waals surface area (Å²) in [6.07, 6.45) is 5.22. The molecule has 1 amide bonds. The number of carbonyl (C=O) groups excluding carboxylic acids is 1. The Morgan fingerprint density at radius 1 is 1.16 bits per heavy atom. The van der Waals surface area contributed by atoms with Gasteiger partial charge >= 0.3 is 5.97 Å². The van der Waals surface area contributed by atoms with E-state index >= 15 is 0 Å². The van der Waals surface area contributed by atoms with E-state index in [-0.39, 0.29) is 30.7 Å². The second-order valence-corrected chi connectivity index (χ2v) is 9.71. The lowest BCUT2D eigenvalue weighted by Gasteiger charge is -2.34. The molecule has 25 heavy (non-hydrogen) atoms. The first-order valence-electron chi connectivity index (χ1n) is 9.23. The summed E-state index contributed by atoms with van der Waals surface area (Å²) >= 11 is 0. The zero-order chi connectivity index (χ0) is 18.6. The van der Waals surface area contributed by atoms with Crippen LogP contribution in [0.15, 0.2) is 0 Å². The quantitative estimate of drug-likeness (QED) is 0.704. The number of aliphatic carboxylic acids is 1. The normalized spacial score (nSPS) is 23.8. The van der Waals surface area contributed by atoms with Crippen molar-refractivity contribution in [2.75, 3.05) is 13.1 Å². The number of amides is 1. The summed E-state index contributed by atoms with van der Waals surface area (Å²) in [5.74, 6) is -1.00. The minimum atomic E-state index is -3.79. The van der Waals surface area contributed by atoms with Crippen molar-refractivity contribution in [2.45, 2.75) is 70.1 Å². The molecule has 1 saturated heterocycles. The van der Waals surface area contributed by atoms with Crippen LogP contribution in [0.5, 0.6) is 0 Å². The Hall–Kier alpha value is -1.15. The average molecular weight is 375 g/mol. The van der Waals surface area contributed by atoms with Gasteiger partial charge in [0.15, 0.2) is 0 Å².